The summed E-state index contributed by atoms with van der Waals surface area (Å²) in [6.45, 7) is 10.6. The van der Waals surface area contributed by atoms with E-state index in [-0.39, 0.29) is 24.5 Å². The van der Waals surface area contributed by atoms with Crippen LogP contribution in [0.3, 0.4) is 0 Å². The number of amides is 3. The fraction of sp³-hybridized carbons (Fsp3) is 0.464. The average molecular weight is 526 g/mol. The zero-order valence-corrected chi connectivity index (χ0v) is 22.6. The number of hydrogen-bond donors (Lipinski definition) is 1. The molecule has 0 saturated carbocycles. The predicted octanol–water partition coefficient (Wildman–Crippen LogP) is 4.00. The van der Waals surface area contributed by atoms with Crippen molar-refractivity contribution in [3.05, 3.63) is 69.7 Å². The first-order chi connectivity index (χ1) is 17.9. The van der Waals surface area contributed by atoms with Gasteiger partial charge >= 0.3 is 6.03 Å². The highest BCUT2D eigenvalue weighted by molar-refractivity contribution is 6.31. The van der Waals surface area contributed by atoms with E-state index in [0.29, 0.717) is 44.3 Å². The second-order valence-corrected chi connectivity index (χ2v) is 9.94. The van der Waals surface area contributed by atoms with E-state index in [1.54, 1.807) is 4.90 Å². The van der Waals surface area contributed by atoms with Crippen LogP contribution in [0.1, 0.15) is 41.6 Å². The molecule has 2 aliphatic heterocycles. The molecule has 9 heteroatoms. The summed E-state index contributed by atoms with van der Waals surface area (Å²) in [5.41, 5.74) is 5.04. The molecule has 2 heterocycles. The van der Waals surface area contributed by atoms with E-state index in [9.17, 15) is 9.59 Å². The number of aryl methyl sites for hydroxylation is 2. The Bertz CT molecular complexity index is 1150. The number of morpholine rings is 1. The summed E-state index contributed by atoms with van der Waals surface area (Å²) in [5.74, 6) is -0.239. The number of halogens is 1. The van der Waals surface area contributed by atoms with Crippen LogP contribution in [0.15, 0.2) is 47.6 Å². The summed E-state index contributed by atoms with van der Waals surface area (Å²) in [7, 11) is 0. The predicted molar refractivity (Wildman–Crippen MR) is 146 cm³/mol. The van der Waals surface area contributed by atoms with E-state index in [1.807, 2.05) is 37.3 Å². The van der Waals surface area contributed by atoms with Crippen LogP contribution in [-0.4, -0.2) is 84.9 Å². The van der Waals surface area contributed by atoms with Crippen molar-refractivity contribution in [1.82, 2.24) is 20.1 Å². The number of hydrazone groups is 1. The number of carbonyl (C=O) groups excluding carboxylic acids is 2. The lowest BCUT2D eigenvalue weighted by Crippen LogP contribution is -2.49. The number of urea groups is 1. The van der Waals surface area contributed by atoms with Crippen molar-refractivity contribution >= 4 is 29.3 Å². The fourth-order valence-electron chi connectivity index (χ4n) is 4.66. The Kier molecular flexibility index (Phi) is 9.18. The monoisotopic (exact) mass is 525 g/mol. The summed E-state index contributed by atoms with van der Waals surface area (Å²) in [5, 5.41) is 9.75. The minimum atomic E-state index is -0.340. The fourth-order valence-corrected chi connectivity index (χ4v) is 4.92. The number of benzene rings is 2. The summed E-state index contributed by atoms with van der Waals surface area (Å²) >= 11 is 6.57. The highest BCUT2D eigenvalue weighted by atomic mass is 35.5. The van der Waals surface area contributed by atoms with Crippen LogP contribution >= 0.6 is 11.6 Å². The van der Waals surface area contributed by atoms with E-state index in [4.69, 9.17) is 21.4 Å². The van der Waals surface area contributed by atoms with Gasteiger partial charge in [0.2, 0.25) is 0 Å². The minimum Gasteiger partial charge on any atom is -0.379 e. The van der Waals surface area contributed by atoms with E-state index >= 15 is 0 Å². The first-order valence-electron chi connectivity index (χ1n) is 12.9. The van der Waals surface area contributed by atoms with Gasteiger partial charge in [-0.05, 0) is 55.2 Å². The summed E-state index contributed by atoms with van der Waals surface area (Å²) < 4.78 is 5.43. The van der Waals surface area contributed by atoms with Crippen LogP contribution in [0.2, 0.25) is 5.02 Å². The van der Waals surface area contributed by atoms with Crippen LogP contribution in [-0.2, 0) is 9.53 Å². The van der Waals surface area contributed by atoms with Crippen LogP contribution in [0.4, 0.5) is 4.79 Å². The average Bonchev–Trinajstić information content (AvgIpc) is 3.34. The van der Waals surface area contributed by atoms with E-state index < -0.39 is 0 Å². The Hall–Kier alpha value is -2.94. The third-order valence-corrected chi connectivity index (χ3v) is 7.35. The Morgan fingerprint density at radius 1 is 1.14 bits per heavy atom. The van der Waals surface area contributed by atoms with Crippen molar-refractivity contribution in [2.24, 2.45) is 5.10 Å². The Morgan fingerprint density at radius 2 is 1.89 bits per heavy atom. The zero-order chi connectivity index (χ0) is 26.4. The lowest BCUT2D eigenvalue weighted by molar-refractivity contribution is -0.133. The second kappa shape index (κ2) is 12.5. The molecule has 0 spiro atoms. The van der Waals surface area contributed by atoms with Gasteiger partial charge in [0.25, 0.3) is 5.91 Å². The molecule has 1 N–H and O–H groups in total. The van der Waals surface area contributed by atoms with Crippen molar-refractivity contribution in [2.45, 2.75) is 33.2 Å². The molecule has 1 saturated heterocycles. The van der Waals surface area contributed by atoms with Crippen molar-refractivity contribution in [3.63, 3.8) is 0 Å². The van der Waals surface area contributed by atoms with Crippen LogP contribution in [0, 0.1) is 13.8 Å². The van der Waals surface area contributed by atoms with Crippen LogP contribution in [0.5, 0.6) is 0 Å². The lowest BCUT2D eigenvalue weighted by Gasteiger charge is -2.31. The Labute approximate surface area is 224 Å². The quantitative estimate of drug-likeness (QED) is 0.565. The van der Waals surface area contributed by atoms with Gasteiger partial charge < -0.3 is 15.0 Å². The molecule has 198 valence electrons. The van der Waals surface area contributed by atoms with Gasteiger partial charge in [-0.25, -0.2) is 9.80 Å². The number of carbonyl (C=O) groups is 2. The minimum absolute atomic E-state index is 0.0686. The molecule has 3 amide bonds. The molecule has 2 aromatic carbocycles. The molecule has 4 rings (SSSR count). The van der Waals surface area contributed by atoms with Gasteiger partial charge in [0.05, 0.1) is 25.0 Å². The third-order valence-electron chi connectivity index (χ3n) is 7.00. The van der Waals surface area contributed by atoms with Crippen molar-refractivity contribution in [2.75, 3.05) is 52.5 Å². The Morgan fingerprint density at radius 3 is 2.59 bits per heavy atom. The molecule has 1 fully saturated rings. The van der Waals surface area contributed by atoms with E-state index in [0.717, 1.165) is 29.9 Å². The van der Waals surface area contributed by atoms with Crippen LogP contribution < -0.4 is 5.32 Å². The smallest absolute Gasteiger partial charge is 0.317 e. The molecule has 0 bridgehead atoms. The maximum absolute atomic E-state index is 13.7. The zero-order valence-electron chi connectivity index (χ0n) is 21.9. The summed E-state index contributed by atoms with van der Waals surface area (Å²) in [4.78, 5) is 30.4. The van der Waals surface area contributed by atoms with Gasteiger partial charge in [-0.1, -0.05) is 41.9 Å². The van der Waals surface area contributed by atoms with Gasteiger partial charge in [-0.3, -0.25) is 9.69 Å². The molecule has 0 aromatic heterocycles. The van der Waals surface area contributed by atoms with Gasteiger partial charge in [-0.15, -0.1) is 0 Å². The maximum atomic E-state index is 13.7. The molecule has 37 heavy (non-hydrogen) atoms. The number of rotatable bonds is 8. The van der Waals surface area contributed by atoms with Gasteiger partial charge in [-0.2, -0.15) is 5.10 Å². The SMILES string of the molecule is CCNC(=O)N(CCN1CCOCC1)CC(=O)N1N=C(c2ccc(C)c(C)c2)CC1c1ccccc1Cl. The first kappa shape index (κ1) is 27.1. The molecule has 1 unspecified atom stereocenters. The lowest BCUT2D eigenvalue weighted by atomic mass is 9.96. The molecule has 2 aliphatic rings. The number of hydrogen-bond acceptors (Lipinski definition) is 5. The van der Waals surface area contributed by atoms with Crippen molar-refractivity contribution in [1.29, 1.82) is 0 Å². The highest BCUT2D eigenvalue weighted by Crippen LogP contribution is 2.36. The standard InChI is InChI=1S/C28H36ClN5O3/c1-4-30-28(36)33(12-11-32-13-15-37-16-14-32)19-27(35)34-26(23-7-5-6-8-24(23)29)18-25(31-34)22-10-9-20(2)21(3)17-22/h5-10,17,26H,4,11-16,18-19H2,1-3H3,(H,30,36). The first-order valence-corrected chi connectivity index (χ1v) is 13.3. The molecule has 1 atom stereocenters. The topological polar surface area (TPSA) is 77.5 Å². The van der Waals surface area contributed by atoms with E-state index in [2.05, 4.69) is 36.2 Å². The Balaban J connectivity index is 1.58. The molecular weight excluding hydrogens is 490 g/mol. The molecule has 8 nitrogen and oxygen atoms in total. The second-order valence-electron chi connectivity index (χ2n) is 9.54. The van der Waals surface area contributed by atoms with Crippen molar-refractivity contribution < 1.29 is 14.3 Å². The van der Waals surface area contributed by atoms with Crippen molar-refractivity contribution in [3.8, 4) is 0 Å². The highest BCUT2D eigenvalue weighted by Gasteiger charge is 2.35. The number of nitrogens with zero attached hydrogens (tertiary/aromatic N) is 4. The molecule has 0 radical (unpaired) electrons. The number of nitrogens with one attached hydrogen (secondary N) is 1. The third kappa shape index (κ3) is 6.69. The normalized spacial score (nSPS) is 18.0. The summed E-state index contributed by atoms with van der Waals surface area (Å²) in [6, 6.07) is 13.2. The molecular formula is C28H36ClN5O3. The van der Waals surface area contributed by atoms with Gasteiger partial charge in [0.1, 0.15) is 6.54 Å². The number of ether oxygens (including phenoxy) is 1. The van der Waals surface area contributed by atoms with Gasteiger partial charge in [0.15, 0.2) is 0 Å². The maximum Gasteiger partial charge on any atom is 0.317 e. The molecule has 0 aliphatic carbocycles. The largest absolute Gasteiger partial charge is 0.379 e. The summed E-state index contributed by atoms with van der Waals surface area (Å²) in [6.07, 6.45) is 0.549. The molecule has 2 aromatic rings. The van der Waals surface area contributed by atoms with Gasteiger partial charge in [0, 0.05) is 44.2 Å². The van der Waals surface area contributed by atoms with Crippen LogP contribution in [0.25, 0.3) is 0 Å². The van der Waals surface area contributed by atoms with E-state index in [1.165, 1.54) is 16.1 Å².